The molecule has 1 aliphatic heterocycles. The quantitative estimate of drug-likeness (QED) is 0.910. The van der Waals surface area contributed by atoms with Crippen molar-refractivity contribution in [3.05, 3.63) is 48.5 Å². The molecular formula is C14H16N4O3. The second-order valence-corrected chi connectivity index (χ2v) is 5.38. The normalized spacial score (nSPS) is 24.2. The monoisotopic (exact) mass is 288 g/mol. The summed E-state index contributed by atoms with van der Waals surface area (Å²) in [6.07, 6.45) is 1.82. The lowest BCUT2D eigenvalue weighted by molar-refractivity contribution is -0.0509. The SMILES string of the molecule is CC1(C)OCC(c2ccccc2)(n2cncn2)N1C(=O)O. The molecule has 0 aliphatic carbocycles. The highest BCUT2D eigenvalue weighted by Crippen LogP contribution is 2.42. The van der Waals surface area contributed by atoms with Crippen LogP contribution >= 0.6 is 0 Å². The Morgan fingerprint density at radius 2 is 2.05 bits per heavy atom. The van der Waals surface area contributed by atoms with Crippen molar-refractivity contribution in [3.8, 4) is 0 Å². The second-order valence-electron chi connectivity index (χ2n) is 5.38. The molecule has 2 aromatic rings. The molecule has 1 aromatic carbocycles. The van der Waals surface area contributed by atoms with Crippen LogP contribution in [0.25, 0.3) is 0 Å². The number of carboxylic acid groups (broad SMARTS) is 1. The molecule has 1 amide bonds. The summed E-state index contributed by atoms with van der Waals surface area (Å²) in [5.74, 6) is 0. The molecule has 0 radical (unpaired) electrons. The zero-order valence-corrected chi connectivity index (χ0v) is 11.8. The van der Waals surface area contributed by atoms with Gasteiger partial charge in [-0.3, -0.25) is 0 Å². The molecule has 0 spiro atoms. The molecule has 7 nitrogen and oxygen atoms in total. The third-order valence-corrected chi connectivity index (χ3v) is 3.76. The average Bonchev–Trinajstić information content (AvgIpc) is 3.05. The fourth-order valence-electron chi connectivity index (χ4n) is 2.86. The van der Waals surface area contributed by atoms with Gasteiger partial charge < -0.3 is 9.84 Å². The van der Waals surface area contributed by atoms with E-state index in [1.54, 1.807) is 13.8 Å². The van der Waals surface area contributed by atoms with Crippen LogP contribution in [0.1, 0.15) is 19.4 Å². The predicted molar refractivity (Wildman–Crippen MR) is 73.4 cm³/mol. The highest BCUT2D eigenvalue weighted by atomic mass is 16.5. The van der Waals surface area contributed by atoms with Gasteiger partial charge in [0.2, 0.25) is 0 Å². The van der Waals surface area contributed by atoms with Gasteiger partial charge in [0.05, 0.1) is 6.61 Å². The lowest BCUT2D eigenvalue weighted by atomic mass is 9.98. The molecule has 1 unspecified atom stereocenters. The fourth-order valence-corrected chi connectivity index (χ4v) is 2.86. The van der Waals surface area contributed by atoms with Crippen molar-refractivity contribution >= 4 is 6.09 Å². The maximum Gasteiger partial charge on any atom is 0.411 e. The highest BCUT2D eigenvalue weighted by Gasteiger charge is 2.57. The molecule has 1 atom stereocenters. The van der Waals surface area contributed by atoms with Gasteiger partial charge in [0.25, 0.3) is 0 Å². The number of hydrogen-bond acceptors (Lipinski definition) is 4. The summed E-state index contributed by atoms with van der Waals surface area (Å²) in [6.45, 7) is 3.62. The molecule has 110 valence electrons. The Labute approximate surface area is 121 Å². The van der Waals surface area contributed by atoms with E-state index in [4.69, 9.17) is 4.74 Å². The fraction of sp³-hybridized carbons (Fsp3) is 0.357. The smallest absolute Gasteiger partial charge is 0.411 e. The van der Waals surface area contributed by atoms with Crippen molar-refractivity contribution in [2.24, 2.45) is 0 Å². The van der Waals surface area contributed by atoms with Gasteiger partial charge in [-0.15, -0.1) is 0 Å². The van der Waals surface area contributed by atoms with Crippen molar-refractivity contribution in [2.45, 2.75) is 25.2 Å². The molecule has 21 heavy (non-hydrogen) atoms. The molecule has 1 aromatic heterocycles. The molecular weight excluding hydrogens is 272 g/mol. The van der Waals surface area contributed by atoms with Gasteiger partial charge in [-0.1, -0.05) is 30.3 Å². The molecule has 3 rings (SSSR count). The number of amides is 1. The Bertz CT molecular complexity index is 642. The van der Waals surface area contributed by atoms with E-state index in [9.17, 15) is 9.90 Å². The standard InChI is InChI=1S/C14H16N4O3/c1-13(2)18(12(19)20)14(8-21-13,17-10-15-9-16-17)11-6-4-3-5-7-11/h3-7,9-10H,8H2,1-2H3,(H,19,20). The van der Waals surface area contributed by atoms with Crippen LogP contribution in [0.2, 0.25) is 0 Å². The summed E-state index contributed by atoms with van der Waals surface area (Å²) in [5, 5.41) is 13.9. The van der Waals surface area contributed by atoms with Crippen LogP contribution in [0.15, 0.2) is 43.0 Å². The van der Waals surface area contributed by atoms with E-state index in [2.05, 4.69) is 10.1 Å². The lowest BCUT2D eigenvalue weighted by Gasteiger charge is -2.39. The van der Waals surface area contributed by atoms with Crippen molar-refractivity contribution in [1.29, 1.82) is 0 Å². The Morgan fingerprint density at radius 3 is 2.62 bits per heavy atom. The average molecular weight is 288 g/mol. The maximum atomic E-state index is 11.9. The highest BCUT2D eigenvalue weighted by molar-refractivity contribution is 5.68. The van der Waals surface area contributed by atoms with Crippen LogP contribution in [0.4, 0.5) is 4.79 Å². The molecule has 1 fully saturated rings. The summed E-state index contributed by atoms with van der Waals surface area (Å²) >= 11 is 0. The van der Waals surface area contributed by atoms with Crippen molar-refractivity contribution in [1.82, 2.24) is 19.7 Å². The minimum absolute atomic E-state index is 0.166. The first-order valence-electron chi connectivity index (χ1n) is 6.56. The third kappa shape index (κ3) is 1.89. The predicted octanol–water partition coefficient (Wildman–Crippen LogP) is 1.73. The van der Waals surface area contributed by atoms with Gasteiger partial charge in [0.15, 0.2) is 5.66 Å². The van der Waals surface area contributed by atoms with Crippen LogP contribution < -0.4 is 0 Å². The number of rotatable bonds is 2. The molecule has 1 saturated heterocycles. The maximum absolute atomic E-state index is 11.9. The summed E-state index contributed by atoms with van der Waals surface area (Å²) in [6, 6.07) is 9.33. The second kappa shape index (κ2) is 4.56. The Morgan fingerprint density at radius 1 is 1.33 bits per heavy atom. The first kappa shape index (κ1) is 13.6. The minimum atomic E-state index is -1.07. The zero-order chi connectivity index (χ0) is 15.1. The first-order valence-corrected chi connectivity index (χ1v) is 6.56. The Balaban J connectivity index is 2.26. The van der Waals surface area contributed by atoms with Gasteiger partial charge in [0.1, 0.15) is 18.4 Å². The molecule has 1 aliphatic rings. The van der Waals surface area contributed by atoms with E-state index in [0.717, 1.165) is 5.56 Å². The van der Waals surface area contributed by atoms with E-state index < -0.39 is 17.5 Å². The number of aromatic nitrogens is 3. The van der Waals surface area contributed by atoms with E-state index in [1.807, 2.05) is 30.3 Å². The number of carbonyl (C=O) groups is 1. The molecule has 0 saturated carbocycles. The number of benzene rings is 1. The molecule has 1 N–H and O–H groups in total. The summed E-state index contributed by atoms with van der Waals surface area (Å²) in [7, 11) is 0. The zero-order valence-electron chi connectivity index (χ0n) is 11.8. The summed E-state index contributed by atoms with van der Waals surface area (Å²) in [5.41, 5.74) is -1.25. The van der Waals surface area contributed by atoms with E-state index >= 15 is 0 Å². The molecule has 7 heteroatoms. The molecule has 2 heterocycles. The summed E-state index contributed by atoms with van der Waals surface area (Å²) < 4.78 is 7.30. The van der Waals surface area contributed by atoms with Crippen LogP contribution in [-0.4, -0.2) is 43.2 Å². The largest absolute Gasteiger partial charge is 0.465 e. The number of nitrogens with zero attached hydrogens (tertiary/aromatic N) is 4. The van der Waals surface area contributed by atoms with Gasteiger partial charge >= 0.3 is 6.09 Å². The minimum Gasteiger partial charge on any atom is -0.465 e. The van der Waals surface area contributed by atoms with E-state index in [1.165, 1.54) is 22.2 Å². The van der Waals surface area contributed by atoms with Crippen molar-refractivity contribution in [3.63, 3.8) is 0 Å². The van der Waals surface area contributed by atoms with E-state index in [-0.39, 0.29) is 6.61 Å². The van der Waals surface area contributed by atoms with Crippen molar-refractivity contribution in [2.75, 3.05) is 6.61 Å². The van der Waals surface area contributed by atoms with Gasteiger partial charge in [0, 0.05) is 5.56 Å². The topological polar surface area (TPSA) is 80.5 Å². The van der Waals surface area contributed by atoms with Crippen molar-refractivity contribution < 1.29 is 14.6 Å². The van der Waals surface area contributed by atoms with Crippen LogP contribution in [-0.2, 0) is 10.4 Å². The lowest BCUT2D eigenvalue weighted by Crippen LogP contribution is -2.57. The number of hydrogen-bond donors (Lipinski definition) is 1. The van der Waals surface area contributed by atoms with Gasteiger partial charge in [-0.2, -0.15) is 5.10 Å². The Kier molecular flexibility index (Phi) is 2.94. The van der Waals surface area contributed by atoms with Gasteiger partial charge in [-0.25, -0.2) is 19.4 Å². The first-order chi connectivity index (χ1) is 9.98. The summed E-state index contributed by atoms with van der Waals surface area (Å²) in [4.78, 5) is 17.1. The van der Waals surface area contributed by atoms with Crippen LogP contribution in [0.3, 0.4) is 0 Å². The van der Waals surface area contributed by atoms with Crippen LogP contribution in [0, 0.1) is 0 Å². The van der Waals surface area contributed by atoms with Gasteiger partial charge in [-0.05, 0) is 13.8 Å². The Hall–Kier alpha value is -2.41. The number of ether oxygens (including phenoxy) is 1. The van der Waals surface area contributed by atoms with Crippen LogP contribution in [0.5, 0.6) is 0 Å². The van der Waals surface area contributed by atoms with E-state index in [0.29, 0.717) is 0 Å². The third-order valence-electron chi connectivity index (χ3n) is 3.76. The molecule has 0 bridgehead atoms.